The first kappa shape index (κ1) is 18.5. The number of ether oxygens (including phenoxy) is 1. The number of thiophene rings is 1. The van der Waals surface area contributed by atoms with Crippen LogP contribution >= 0.6 is 22.9 Å². The van der Waals surface area contributed by atoms with Crippen molar-refractivity contribution in [2.45, 2.75) is 6.54 Å². The fourth-order valence-corrected chi connectivity index (χ4v) is 4.39. The van der Waals surface area contributed by atoms with Gasteiger partial charge in [-0.1, -0.05) is 29.8 Å². The molecule has 1 N–H and O–H groups in total. The number of hydrogen-bond acceptors (Lipinski definition) is 4. The summed E-state index contributed by atoms with van der Waals surface area (Å²) in [5.74, 6) is -0.0429. The maximum absolute atomic E-state index is 12.8. The quantitative estimate of drug-likeness (QED) is 0.685. The van der Waals surface area contributed by atoms with Gasteiger partial charge in [0.2, 0.25) is 0 Å². The van der Waals surface area contributed by atoms with Crippen LogP contribution in [0, 0.1) is 0 Å². The van der Waals surface area contributed by atoms with Gasteiger partial charge in [-0.15, -0.1) is 11.3 Å². The van der Waals surface area contributed by atoms with Crippen LogP contribution in [0.15, 0.2) is 41.8 Å². The highest BCUT2D eigenvalue weighted by Crippen LogP contribution is 2.27. The predicted octanol–water partition coefficient (Wildman–Crippen LogP) is 3.47. The summed E-state index contributed by atoms with van der Waals surface area (Å²) in [5.41, 5.74) is 2.75. The lowest BCUT2D eigenvalue weighted by Gasteiger charge is -2.26. The lowest BCUT2D eigenvalue weighted by Crippen LogP contribution is -2.41. The van der Waals surface area contributed by atoms with Crippen LogP contribution in [0.3, 0.4) is 0 Å². The average molecular weight is 404 g/mol. The van der Waals surface area contributed by atoms with Crippen LogP contribution in [0.25, 0.3) is 10.2 Å². The van der Waals surface area contributed by atoms with E-state index in [4.69, 9.17) is 16.3 Å². The molecule has 1 saturated heterocycles. The zero-order valence-electron chi connectivity index (χ0n) is 15.0. The van der Waals surface area contributed by atoms with Gasteiger partial charge in [-0.3, -0.25) is 9.69 Å². The summed E-state index contributed by atoms with van der Waals surface area (Å²) in [7, 11) is 0. The first-order chi connectivity index (χ1) is 13.2. The van der Waals surface area contributed by atoms with Gasteiger partial charge in [-0.05, 0) is 29.1 Å². The lowest BCUT2D eigenvalue weighted by molar-refractivity contribution is 0.0383. The number of aromatic nitrogens is 1. The first-order valence-corrected chi connectivity index (χ1v) is 10.4. The van der Waals surface area contributed by atoms with Gasteiger partial charge in [0.05, 0.1) is 23.4 Å². The maximum atomic E-state index is 12.8. The summed E-state index contributed by atoms with van der Waals surface area (Å²) in [6, 6.07) is 11.8. The van der Waals surface area contributed by atoms with Crippen LogP contribution in [0.5, 0.6) is 0 Å². The van der Waals surface area contributed by atoms with E-state index < -0.39 is 0 Å². The molecule has 1 amide bonds. The van der Waals surface area contributed by atoms with E-state index in [9.17, 15) is 4.79 Å². The Morgan fingerprint density at radius 3 is 2.85 bits per heavy atom. The van der Waals surface area contributed by atoms with Gasteiger partial charge in [-0.25, -0.2) is 0 Å². The van der Waals surface area contributed by atoms with Crippen LogP contribution < -0.4 is 5.32 Å². The zero-order valence-corrected chi connectivity index (χ0v) is 16.6. The Balaban J connectivity index is 1.49. The number of carbonyl (C=O) groups is 1. The second-order valence-corrected chi connectivity index (χ2v) is 7.94. The molecule has 27 heavy (non-hydrogen) atoms. The van der Waals surface area contributed by atoms with Gasteiger partial charge in [0.25, 0.3) is 5.91 Å². The Labute approximate surface area is 167 Å². The summed E-state index contributed by atoms with van der Waals surface area (Å²) in [5, 5.41) is 5.83. The molecule has 0 aliphatic carbocycles. The number of nitrogens with one attached hydrogen (secondary N) is 1. The Bertz CT molecular complexity index is 930. The summed E-state index contributed by atoms with van der Waals surface area (Å²) >= 11 is 7.99. The highest BCUT2D eigenvalue weighted by Gasteiger charge is 2.18. The highest BCUT2D eigenvalue weighted by molar-refractivity contribution is 7.17. The molecule has 1 aromatic carbocycles. The number of fused-ring (bicyclic) bond motifs is 1. The molecule has 4 rings (SSSR count). The molecule has 0 bridgehead atoms. The second kappa shape index (κ2) is 8.44. The zero-order chi connectivity index (χ0) is 18.6. The standard InChI is InChI=1S/C20H22ClN3O2S/c21-16-4-2-1-3-15(16)14-24-17-5-12-27-19(17)13-18(24)20(25)22-6-7-23-8-10-26-11-9-23/h1-5,12-13H,6-11,14H2,(H,22,25). The smallest absolute Gasteiger partial charge is 0.268 e. The molecule has 7 heteroatoms. The van der Waals surface area contributed by atoms with Gasteiger partial charge in [0.15, 0.2) is 0 Å². The van der Waals surface area contributed by atoms with E-state index in [0.717, 1.165) is 48.6 Å². The molecule has 0 saturated carbocycles. The van der Waals surface area contributed by atoms with Crippen molar-refractivity contribution >= 4 is 39.1 Å². The van der Waals surface area contributed by atoms with E-state index in [0.29, 0.717) is 23.8 Å². The number of morpholine rings is 1. The number of benzene rings is 1. The van der Waals surface area contributed by atoms with Gasteiger partial charge in [0, 0.05) is 37.7 Å². The minimum Gasteiger partial charge on any atom is -0.379 e. The fraction of sp³-hybridized carbons (Fsp3) is 0.350. The van der Waals surface area contributed by atoms with Crippen molar-refractivity contribution in [1.29, 1.82) is 0 Å². The summed E-state index contributed by atoms with van der Waals surface area (Å²) < 4.78 is 8.53. The molecule has 0 spiro atoms. The maximum Gasteiger partial charge on any atom is 0.268 e. The van der Waals surface area contributed by atoms with Crippen molar-refractivity contribution in [2.75, 3.05) is 39.4 Å². The molecule has 0 unspecified atom stereocenters. The second-order valence-electron chi connectivity index (χ2n) is 6.59. The van der Waals surface area contributed by atoms with Gasteiger partial charge in [-0.2, -0.15) is 0 Å². The Kier molecular flexibility index (Phi) is 5.78. The SMILES string of the molecule is O=C(NCCN1CCOCC1)c1cc2sccc2n1Cc1ccccc1Cl. The largest absolute Gasteiger partial charge is 0.379 e. The van der Waals surface area contributed by atoms with E-state index in [2.05, 4.69) is 20.9 Å². The first-order valence-electron chi connectivity index (χ1n) is 9.11. The van der Waals surface area contributed by atoms with Crippen LogP contribution in [0.2, 0.25) is 5.02 Å². The molecule has 3 aromatic rings. The van der Waals surface area contributed by atoms with E-state index in [1.165, 1.54) is 0 Å². The third-order valence-corrected chi connectivity index (χ3v) is 6.08. The van der Waals surface area contributed by atoms with Gasteiger partial charge < -0.3 is 14.6 Å². The number of nitrogens with zero attached hydrogens (tertiary/aromatic N) is 2. The Morgan fingerprint density at radius 1 is 1.22 bits per heavy atom. The monoisotopic (exact) mass is 403 g/mol. The molecule has 1 fully saturated rings. The van der Waals surface area contributed by atoms with E-state index >= 15 is 0 Å². The molecular formula is C20H22ClN3O2S. The molecule has 3 heterocycles. The summed E-state index contributed by atoms with van der Waals surface area (Å²) in [4.78, 5) is 15.2. The van der Waals surface area contributed by atoms with E-state index in [-0.39, 0.29) is 5.91 Å². The molecule has 142 valence electrons. The highest BCUT2D eigenvalue weighted by atomic mass is 35.5. The molecule has 2 aromatic heterocycles. The van der Waals surface area contributed by atoms with Crippen molar-refractivity contribution in [2.24, 2.45) is 0 Å². The average Bonchev–Trinajstić information content (AvgIpc) is 3.27. The van der Waals surface area contributed by atoms with Crippen LogP contribution in [0.4, 0.5) is 0 Å². The van der Waals surface area contributed by atoms with Crippen molar-refractivity contribution in [3.05, 3.63) is 58.1 Å². The molecule has 1 aliphatic heterocycles. The normalized spacial score (nSPS) is 15.3. The molecular weight excluding hydrogens is 382 g/mol. The summed E-state index contributed by atoms with van der Waals surface area (Å²) in [6.07, 6.45) is 0. The number of hydrogen-bond donors (Lipinski definition) is 1. The Hall–Kier alpha value is -1.86. The Morgan fingerprint density at radius 2 is 2.04 bits per heavy atom. The molecule has 5 nitrogen and oxygen atoms in total. The summed E-state index contributed by atoms with van der Waals surface area (Å²) in [6.45, 7) is 5.43. The van der Waals surface area contributed by atoms with E-state index in [1.807, 2.05) is 35.7 Å². The topological polar surface area (TPSA) is 46.5 Å². The number of rotatable bonds is 6. The van der Waals surface area contributed by atoms with Crippen molar-refractivity contribution in [3.63, 3.8) is 0 Å². The minimum atomic E-state index is -0.0429. The van der Waals surface area contributed by atoms with Crippen molar-refractivity contribution < 1.29 is 9.53 Å². The van der Waals surface area contributed by atoms with Crippen molar-refractivity contribution in [3.8, 4) is 0 Å². The number of amides is 1. The minimum absolute atomic E-state index is 0.0429. The van der Waals surface area contributed by atoms with Gasteiger partial charge >= 0.3 is 0 Å². The fourth-order valence-electron chi connectivity index (χ4n) is 3.38. The number of carbonyl (C=O) groups excluding carboxylic acids is 1. The van der Waals surface area contributed by atoms with E-state index in [1.54, 1.807) is 11.3 Å². The van der Waals surface area contributed by atoms with Gasteiger partial charge in [0.1, 0.15) is 5.69 Å². The van der Waals surface area contributed by atoms with Crippen LogP contribution in [-0.4, -0.2) is 54.8 Å². The van der Waals surface area contributed by atoms with Crippen molar-refractivity contribution in [1.82, 2.24) is 14.8 Å². The third kappa shape index (κ3) is 4.19. The lowest BCUT2D eigenvalue weighted by atomic mass is 10.2. The predicted molar refractivity (Wildman–Crippen MR) is 110 cm³/mol. The van der Waals surface area contributed by atoms with Crippen LogP contribution in [0.1, 0.15) is 16.1 Å². The number of halogens is 1. The molecule has 0 radical (unpaired) electrons. The molecule has 1 aliphatic rings. The molecule has 0 atom stereocenters. The third-order valence-electron chi connectivity index (χ3n) is 4.86. The van der Waals surface area contributed by atoms with Crippen LogP contribution in [-0.2, 0) is 11.3 Å².